The first-order valence-corrected chi connectivity index (χ1v) is 6.99. The summed E-state index contributed by atoms with van der Waals surface area (Å²) in [4.78, 5) is 2.42. The number of nitrogens with one attached hydrogen (secondary N) is 1. The average Bonchev–Trinajstić information content (AvgIpc) is 2.74. The van der Waals surface area contributed by atoms with E-state index in [1.807, 2.05) is 6.07 Å². The van der Waals surface area contributed by atoms with Crippen LogP contribution in [-0.4, -0.2) is 30.6 Å². The lowest BCUT2D eigenvalue weighted by molar-refractivity contribution is 0.156. The fourth-order valence-electron chi connectivity index (χ4n) is 3.23. The Morgan fingerprint density at radius 1 is 1.32 bits per heavy atom. The fourth-order valence-corrected chi connectivity index (χ4v) is 3.47. The molecule has 2 aliphatic heterocycles. The number of halogens is 3. The number of nitrogens with zero attached hydrogens (tertiary/aromatic N) is 1. The first-order chi connectivity index (χ1) is 8.70. The normalized spacial score (nSPS) is 26.8. The Balaban J connectivity index is 0.00000133. The summed E-state index contributed by atoms with van der Waals surface area (Å²) in [5.74, 6) is 0.526. The second-order valence-electron chi connectivity index (χ2n) is 5.41. The number of hydrogen-bond donors (Lipinski definition) is 1. The maximum atomic E-state index is 13.3. The molecule has 2 heterocycles. The summed E-state index contributed by atoms with van der Waals surface area (Å²) in [6, 6.07) is 5.52. The van der Waals surface area contributed by atoms with Crippen LogP contribution in [0.1, 0.15) is 18.4 Å². The highest BCUT2D eigenvalue weighted by Crippen LogP contribution is 2.26. The van der Waals surface area contributed by atoms with Crippen molar-refractivity contribution in [3.05, 3.63) is 34.6 Å². The molecule has 2 fully saturated rings. The molecule has 2 atom stereocenters. The maximum absolute atomic E-state index is 13.3. The van der Waals surface area contributed by atoms with Gasteiger partial charge in [0.25, 0.3) is 0 Å². The van der Waals surface area contributed by atoms with Gasteiger partial charge in [-0.15, -0.1) is 12.4 Å². The molecule has 2 saturated heterocycles. The highest BCUT2D eigenvalue weighted by Gasteiger charge is 2.32. The molecule has 0 radical (unpaired) electrons. The minimum Gasteiger partial charge on any atom is -0.314 e. The number of benzene rings is 1. The van der Waals surface area contributed by atoms with Crippen molar-refractivity contribution in [2.75, 3.05) is 19.6 Å². The third-order valence-electron chi connectivity index (χ3n) is 4.07. The SMILES string of the molecule is Cl.Fc1cc(Cl)cc(CN2CCC3NCCC3C2)c1. The number of fused-ring (bicyclic) bond motifs is 1. The van der Waals surface area contributed by atoms with Crippen molar-refractivity contribution in [1.82, 2.24) is 10.2 Å². The van der Waals surface area contributed by atoms with Crippen LogP contribution < -0.4 is 5.32 Å². The molecule has 1 aromatic carbocycles. The van der Waals surface area contributed by atoms with Crippen molar-refractivity contribution in [3.63, 3.8) is 0 Å². The lowest BCUT2D eigenvalue weighted by Crippen LogP contribution is -2.43. The van der Waals surface area contributed by atoms with Crippen LogP contribution in [0.2, 0.25) is 5.02 Å². The highest BCUT2D eigenvalue weighted by molar-refractivity contribution is 6.30. The molecule has 0 amide bonds. The zero-order valence-electron chi connectivity index (χ0n) is 10.7. The third kappa shape index (κ3) is 3.60. The standard InChI is InChI=1S/C14H18ClFN2.ClH/c15-12-5-10(6-13(16)7-12)8-18-4-2-14-11(9-18)1-3-17-14;/h5-7,11,14,17H,1-4,8-9H2;1H. The fraction of sp³-hybridized carbons (Fsp3) is 0.571. The van der Waals surface area contributed by atoms with Crippen molar-refractivity contribution in [3.8, 4) is 0 Å². The van der Waals surface area contributed by atoms with Crippen LogP contribution in [0.25, 0.3) is 0 Å². The summed E-state index contributed by atoms with van der Waals surface area (Å²) >= 11 is 5.89. The molecule has 2 unspecified atom stereocenters. The van der Waals surface area contributed by atoms with Gasteiger partial charge in [0.05, 0.1) is 0 Å². The number of rotatable bonds is 2. The summed E-state index contributed by atoms with van der Waals surface area (Å²) in [6.45, 7) is 4.16. The van der Waals surface area contributed by atoms with Gasteiger partial charge in [0.2, 0.25) is 0 Å². The van der Waals surface area contributed by atoms with Gasteiger partial charge in [0.15, 0.2) is 0 Å². The molecule has 3 rings (SSSR count). The van der Waals surface area contributed by atoms with E-state index in [9.17, 15) is 4.39 Å². The van der Waals surface area contributed by atoms with Gasteiger partial charge in [0, 0.05) is 24.2 Å². The molecular formula is C14H19Cl2FN2. The van der Waals surface area contributed by atoms with Crippen molar-refractivity contribution >= 4 is 24.0 Å². The summed E-state index contributed by atoms with van der Waals surface area (Å²) in [5.41, 5.74) is 0.976. The molecule has 106 valence electrons. The highest BCUT2D eigenvalue weighted by atomic mass is 35.5. The molecule has 1 N–H and O–H groups in total. The van der Waals surface area contributed by atoms with Crippen molar-refractivity contribution in [2.45, 2.75) is 25.4 Å². The van der Waals surface area contributed by atoms with E-state index in [0.717, 1.165) is 37.7 Å². The molecule has 1 aromatic rings. The number of piperidine rings is 1. The van der Waals surface area contributed by atoms with E-state index >= 15 is 0 Å². The molecular weight excluding hydrogens is 286 g/mol. The maximum Gasteiger partial charge on any atom is 0.125 e. The lowest BCUT2D eigenvalue weighted by Gasteiger charge is -2.34. The Kier molecular flexibility index (Phi) is 5.07. The molecule has 0 aliphatic carbocycles. The van der Waals surface area contributed by atoms with Crippen LogP contribution in [-0.2, 0) is 6.54 Å². The van der Waals surface area contributed by atoms with Gasteiger partial charge in [-0.1, -0.05) is 11.6 Å². The van der Waals surface area contributed by atoms with E-state index in [2.05, 4.69) is 10.2 Å². The summed E-state index contributed by atoms with van der Waals surface area (Å²) in [5, 5.41) is 4.04. The largest absolute Gasteiger partial charge is 0.314 e. The Labute approximate surface area is 124 Å². The van der Waals surface area contributed by atoms with Gasteiger partial charge in [-0.3, -0.25) is 4.90 Å². The minimum absolute atomic E-state index is 0. The van der Waals surface area contributed by atoms with E-state index in [1.165, 1.54) is 18.9 Å². The predicted octanol–water partition coefficient (Wildman–Crippen LogP) is 3.08. The van der Waals surface area contributed by atoms with Crippen LogP contribution in [0.5, 0.6) is 0 Å². The number of hydrogen-bond acceptors (Lipinski definition) is 2. The van der Waals surface area contributed by atoms with E-state index < -0.39 is 0 Å². The van der Waals surface area contributed by atoms with E-state index in [1.54, 1.807) is 6.07 Å². The average molecular weight is 305 g/mol. The first kappa shape index (κ1) is 15.0. The Hall–Kier alpha value is -0.350. The Bertz CT molecular complexity index is 421. The molecule has 19 heavy (non-hydrogen) atoms. The van der Waals surface area contributed by atoms with Crippen molar-refractivity contribution < 1.29 is 4.39 Å². The quantitative estimate of drug-likeness (QED) is 0.903. The Morgan fingerprint density at radius 3 is 2.95 bits per heavy atom. The summed E-state index contributed by atoms with van der Waals surface area (Å²) in [6.07, 6.45) is 2.47. The predicted molar refractivity (Wildman–Crippen MR) is 78.4 cm³/mol. The lowest BCUT2D eigenvalue weighted by atomic mass is 9.93. The minimum atomic E-state index is -0.241. The van der Waals surface area contributed by atoms with Crippen molar-refractivity contribution in [1.29, 1.82) is 0 Å². The van der Waals surface area contributed by atoms with Gasteiger partial charge >= 0.3 is 0 Å². The van der Waals surface area contributed by atoms with Gasteiger partial charge in [0.1, 0.15) is 5.82 Å². The Morgan fingerprint density at radius 2 is 2.16 bits per heavy atom. The van der Waals surface area contributed by atoms with Gasteiger partial charge < -0.3 is 5.32 Å². The zero-order chi connectivity index (χ0) is 12.5. The first-order valence-electron chi connectivity index (χ1n) is 6.61. The smallest absolute Gasteiger partial charge is 0.125 e. The molecule has 2 nitrogen and oxygen atoms in total. The third-order valence-corrected chi connectivity index (χ3v) is 4.29. The molecule has 0 spiro atoms. The van der Waals surface area contributed by atoms with E-state index in [0.29, 0.717) is 11.1 Å². The summed E-state index contributed by atoms with van der Waals surface area (Å²) < 4.78 is 13.3. The second-order valence-corrected chi connectivity index (χ2v) is 5.85. The van der Waals surface area contributed by atoms with Crippen LogP contribution >= 0.6 is 24.0 Å². The van der Waals surface area contributed by atoms with Gasteiger partial charge in [-0.25, -0.2) is 4.39 Å². The molecule has 0 saturated carbocycles. The van der Waals surface area contributed by atoms with Gasteiger partial charge in [-0.05, 0) is 55.6 Å². The topological polar surface area (TPSA) is 15.3 Å². The van der Waals surface area contributed by atoms with Crippen LogP contribution in [0.3, 0.4) is 0 Å². The molecule has 2 aliphatic rings. The molecule has 0 aromatic heterocycles. The van der Waals surface area contributed by atoms with Crippen LogP contribution in [0.15, 0.2) is 18.2 Å². The van der Waals surface area contributed by atoms with Crippen LogP contribution in [0.4, 0.5) is 4.39 Å². The monoisotopic (exact) mass is 304 g/mol. The summed E-state index contributed by atoms with van der Waals surface area (Å²) in [7, 11) is 0. The number of likely N-dealkylation sites (tertiary alicyclic amines) is 1. The molecule has 5 heteroatoms. The second kappa shape index (κ2) is 6.40. The zero-order valence-corrected chi connectivity index (χ0v) is 12.3. The molecule has 0 bridgehead atoms. The van der Waals surface area contributed by atoms with Crippen molar-refractivity contribution in [2.24, 2.45) is 5.92 Å². The van der Waals surface area contributed by atoms with Crippen LogP contribution in [0, 0.1) is 11.7 Å². The van der Waals surface area contributed by atoms with E-state index in [4.69, 9.17) is 11.6 Å². The van der Waals surface area contributed by atoms with E-state index in [-0.39, 0.29) is 18.2 Å². The van der Waals surface area contributed by atoms with Gasteiger partial charge in [-0.2, -0.15) is 0 Å².